The molecule has 2 atom stereocenters. The highest BCUT2D eigenvalue weighted by atomic mass is 16.5. The van der Waals surface area contributed by atoms with Crippen LogP contribution in [0.1, 0.15) is 36.5 Å². The van der Waals surface area contributed by atoms with Gasteiger partial charge < -0.3 is 9.64 Å². The zero-order chi connectivity index (χ0) is 15.8. The molecule has 4 rings (SSSR count). The molecule has 3 fully saturated rings. The van der Waals surface area contributed by atoms with E-state index >= 15 is 0 Å². The van der Waals surface area contributed by atoms with E-state index in [1.807, 2.05) is 17.9 Å². The summed E-state index contributed by atoms with van der Waals surface area (Å²) in [5, 5.41) is 0. The van der Waals surface area contributed by atoms with Gasteiger partial charge in [0.25, 0.3) is 5.91 Å². The Morgan fingerprint density at radius 2 is 1.96 bits per heavy atom. The first-order valence-electron chi connectivity index (χ1n) is 8.86. The molecular weight excluding hydrogens is 290 g/mol. The third-order valence-corrected chi connectivity index (χ3v) is 5.70. The first kappa shape index (κ1) is 14.9. The number of rotatable bonds is 4. The zero-order valence-electron chi connectivity index (χ0n) is 13.8. The lowest BCUT2D eigenvalue weighted by Crippen LogP contribution is -2.60. The molecule has 2 saturated heterocycles. The second kappa shape index (κ2) is 6.11. The number of hydrogen-bond acceptors (Lipinski definition) is 4. The Morgan fingerprint density at radius 3 is 2.57 bits per heavy atom. The van der Waals surface area contributed by atoms with Crippen LogP contribution in [0.25, 0.3) is 0 Å². The molecule has 0 bridgehead atoms. The van der Waals surface area contributed by atoms with Crippen LogP contribution in [0, 0.1) is 11.8 Å². The van der Waals surface area contributed by atoms with Gasteiger partial charge >= 0.3 is 0 Å². The van der Waals surface area contributed by atoms with Gasteiger partial charge in [-0.1, -0.05) is 6.42 Å². The van der Waals surface area contributed by atoms with Gasteiger partial charge in [-0.3, -0.25) is 9.69 Å². The molecular formula is C18H25N3O2. The molecule has 0 aromatic carbocycles. The van der Waals surface area contributed by atoms with Gasteiger partial charge in [-0.2, -0.15) is 0 Å². The number of pyridine rings is 1. The quantitative estimate of drug-likeness (QED) is 0.853. The molecule has 3 aliphatic rings. The molecule has 5 heteroatoms. The number of likely N-dealkylation sites (tertiary alicyclic amines) is 2. The average Bonchev–Trinajstić information content (AvgIpc) is 3.08. The van der Waals surface area contributed by atoms with Gasteiger partial charge in [-0.25, -0.2) is 4.98 Å². The fourth-order valence-corrected chi connectivity index (χ4v) is 4.34. The number of aromatic nitrogens is 1. The minimum atomic E-state index is 0.0937. The maximum Gasteiger partial charge on any atom is 0.255 e. The Hall–Kier alpha value is -1.62. The molecule has 1 aliphatic carbocycles. The molecule has 5 nitrogen and oxygen atoms in total. The molecule has 1 saturated carbocycles. The van der Waals surface area contributed by atoms with Gasteiger partial charge in [-0.15, -0.1) is 0 Å². The second-order valence-electron chi connectivity index (χ2n) is 7.09. The number of ether oxygens (including phenoxy) is 1. The van der Waals surface area contributed by atoms with Crippen LogP contribution >= 0.6 is 0 Å². The third kappa shape index (κ3) is 2.82. The van der Waals surface area contributed by atoms with Crippen molar-refractivity contribution in [2.75, 3.05) is 32.8 Å². The molecule has 2 unspecified atom stereocenters. The van der Waals surface area contributed by atoms with E-state index < -0.39 is 0 Å². The van der Waals surface area contributed by atoms with Crippen molar-refractivity contribution in [3.63, 3.8) is 0 Å². The fraction of sp³-hybridized carbons (Fsp3) is 0.667. The van der Waals surface area contributed by atoms with Gasteiger partial charge in [0.15, 0.2) is 0 Å². The molecule has 3 heterocycles. The van der Waals surface area contributed by atoms with Crippen molar-refractivity contribution in [3.8, 4) is 5.88 Å². The van der Waals surface area contributed by atoms with Crippen molar-refractivity contribution < 1.29 is 9.53 Å². The van der Waals surface area contributed by atoms with Gasteiger partial charge in [0.1, 0.15) is 0 Å². The zero-order valence-corrected chi connectivity index (χ0v) is 13.8. The van der Waals surface area contributed by atoms with Crippen molar-refractivity contribution in [2.45, 2.75) is 32.2 Å². The topological polar surface area (TPSA) is 45.7 Å². The van der Waals surface area contributed by atoms with Crippen LogP contribution in [0.15, 0.2) is 18.3 Å². The summed E-state index contributed by atoms with van der Waals surface area (Å²) in [6.45, 7) is 6.75. The summed E-state index contributed by atoms with van der Waals surface area (Å²) in [5.41, 5.74) is 0.658. The van der Waals surface area contributed by atoms with Gasteiger partial charge in [0, 0.05) is 44.5 Å². The highest BCUT2D eigenvalue weighted by Gasteiger charge is 2.43. The Bertz CT molecular complexity index is 556. The van der Waals surface area contributed by atoms with E-state index in [0.717, 1.165) is 24.9 Å². The lowest BCUT2D eigenvalue weighted by molar-refractivity contribution is 0.0312. The Balaban J connectivity index is 1.30. The number of carbonyl (C=O) groups is 1. The van der Waals surface area contributed by atoms with Crippen molar-refractivity contribution in [1.29, 1.82) is 0 Å². The summed E-state index contributed by atoms with van der Waals surface area (Å²) in [7, 11) is 0. The maximum atomic E-state index is 12.5. The fourth-order valence-electron chi connectivity index (χ4n) is 4.34. The summed E-state index contributed by atoms with van der Waals surface area (Å²) < 4.78 is 5.32. The largest absolute Gasteiger partial charge is 0.478 e. The van der Waals surface area contributed by atoms with Crippen molar-refractivity contribution in [1.82, 2.24) is 14.8 Å². The van der Waals surface area contributed by atoms with Gasteiger partial charge in [0.05, 0.1) is 12.2 Å². The molecule has 0 spiro atoms. The summed E-state index contributed by atoms with van der Waals surface area (Å²) in [5.74, 6) is 2.52. The minimum Gasteiger partial charge on any atom is -0.478 e. The summed E-state index contributed by atoms with van der Waals surface area (Å²) in [4.78, 5) is 21.2. The van der Waals surface area contributed by atoms with E-state index in [9.17, 15) is 4.79 Å². The number of nitrogens with zero attached hydrogens (tertiary/aromatic N) is 3. The van der Waals surface area contributed by atoms with Crippen LogP contribution in [0.5, 0.6) is 5.88 Å². The number of fused-ring (bicyclic) bond motifs is 1. The van der Waals surface area contributed by atoms with E-state index in [1.54, 1.807) is 12.3 Å². The molecule has 1 amide bonds. The van der Waals surface area contributed by atoms with Crippen LogP contribution in [0.2, 0.25) is 0 Å². The van der Waals surface area contributed by atoms with E-state index in [4.69, 9.17) is 4.74 Å². The Labute approximate surface area is 137 Å². The Morgan fingerprint density at radius 1 is 1.22 bits per heavy atom. The molecule has 0 radical (unpaired) electrons. The van der Waals surface area contributed by atoms with Crippen LogP contribution in [0.4, 0.5) is 0 Å². The smallest absolute Gasteiger partial charge is 0.255 e. The first-order valence-corrected chi connectivity index (χ1v) is 8.86. The lowest BCUT2D eigenvalue weighted by Gasteiger charge is -2.44. The van der Waals surface area contributed by atoms with Crippen molar-refractivity contribution in [2.24, 2.45) is 11.8 Å². The summed E-state index contributed by atoms with van der Waals surface area (Å²) >= 11 is 0. The van der Waals surface area contributed by atoms with E-state index in [0.29, 0.717) is 24.1 Å². The maximum absolute atomic E-state index is 12.5. The van der Waals surface area contributed by atoms with Crippen molar-refractivity contribution >= 4 is 5.91 Å². The molecule has 124 valence electrons. The highest BCUT2D eigenvalue weighted by molar-refractivity contribution is 5.94. The SMILES string of the molecule is CCOc1ccc(C(=O)N2CC(N3CC4CCCC4C3)C2)cn1. The first-order chi connectivity index (χ1) is 11.2. The van der Waals surface area contributed by atoms with Gasteiger partial charge in [-0.05, 0) is 37.7 Å². The second-order valence-corrected chi connectivity index (χ2v) is 7.09. The van der Waals surface area contributed by atoms with E-state index in [-0.39, 0.29) is 5.91 Å². The summed E-state index contributed by atoms with van der Waals surface area (Å²) in [6, 6.07) is 4.16. The molecule has 0 N–H and O–H groups in total. The van der Waals surface area contributed by atoms with Crippen LogP contribution in [-0.4, -0.2) is 59.5 Å². The number of hydrogen-bond donors (Lipinski definition) is 0. The van der Waals surface area contributed by atoms with Crippen LogP contribution in [-0.2, 0) is 0 Å². The third-order valence-electron chi connectivity index (χ3n) is 5.70. The van der Waals surface area contributed by atoms with Crippen LogP contribution in [0.3, 0.4) is 0 Å². The predicted octanol–water partition coefficient (Wildman–Crippen LogP) is 2.04. The van der Waals surface area contributed by atoms with E-state index in [1.165, 1.54) is 32.4 Å². The number of amides is 1. The molecule has 1 aromatic heterocycles. The average molecular weight is 315 g/mol. The number of carbonyl (C=O) groups excluding carboxylic acids is 1. The standard InChI is InChI=1S/C18H25N3O2/c1-2-23-17-7-6-13(8-19-17)18(22)21-11-16(12-21)20-9-14-4-3-5-15(14)10-20/h6-8,14-16H,2-5,9-12H2,1H3. The predicted molar refractivity (Wildman–Crippen MR) is 87.5 cm³/mol. The monoisotopic (exact) mass is 315 g/mol. The van der Waals surface area contributed by atoms with Gasteiger partial charge in [0.2, 0.25) is 5.88 Å². The molecule has 23 heavy (non-hydrogen) atoms. The normalized spacial score (nSPS) is 27.8. The van der Waals surface area contributed by atoms with Crippen molar-refractivity contribution in [3.05, 3.63) is 23.9 Å². The minimum absolute atomic E-state index is 0.0937. The van der Waals surface area contributed by atoms with Crippen LogP contribution < -0.4 is 4.74 Å². The molecule has 2 aliphatic heterocycles. The molecule has 1 aromatic rings. The summed E-state index contributed by atoms with van der Waals surface area (Å²) in [6.07, 6.45) is 5.87. The highest BCUT2D eigenvalue weighted by Crippen LogP contribution is 2.39. The lowest BCUT2D eigenvalue weighted by atomic mass is 10.0. The van der Waals surface area contributed by atoms with E-state index in [2.05, 4.69) is 9.88 Å². The Kier molecular flexibility index (Phi) is 3.97.